The van der Waals surface area contributed by atoms with Gasteiger partial charge in [0, 0.05) is 19.8 Å². The third-order valence-corrected chi connectivity index (χ3v) is 2.99. The Morgan fingerprint density at radius 3 is 2.71 bits per heavy atom. The van der Waals surface area contributed by atoms with Gasteiger partial charge < -0.3 is 4.90 Å². The summed E-state index contributed by atoms with van der Waals surface area (Å²) in [7, 11) is 1.42. The first-order valence-corrected chi connectivity index (χ1v) is 6.18. The van der Waals surface area contributed by atoms with E-state index in [1.165, 1.54) is 29.8 Å². The summed E-state index contributed by atoms with van der Waals surface area (Å²) >= 11 is 0. The highest BCUT2D eigenvalue weighted by molar-refractivity contribution is 5.95. The minimum atomic E-state index is -4.69. The van der Waals surface area contributed by atoms with Gasteiger partial charge in [-0.1, -0.05) is 12.1 Å². The number of aryl methyl sites for hydroxylation is 1. The van der Waals surface area contributed by atoms with Crippen LogP contribution in [-0.2, 0) is 6.18 Å². The maximum absolute atomic E-state index is 13.1. The highest BCUT2D eigenvalue weighted by Gasteiger charge is 2.40. The maximum atomic E-state index is 13.1. The predicted octanol–water partition coefficient (Wildman–Crippen LogP) is 2.92. The summed E-state index contributed by atoms with van der Waals surface area (Å²) in [6.45, 7) is 5.35. The second-order valence-corrected chi connectivity index (χ2v) is 4.72. The molecule has 0 aliphatic carbocycles. The van der Waals surface area contributed by atoms with Crippen molar-refractivity contribution < 1.29 is 18.0 Å². The summed E-state index contributed by atoms with van der Waals surface area (Å²) < 4.78 is 40.6. The van der Waals surface area contributed by atoms with E-state index in [0.717, 1.165) is 10.5 Å². The lowest BCUT2D eigenvalue weighted by molar-refractivity contribution is -0.141. The maximum Gasteiger partial charge on any atom is 0.435 e. The third kappa shape index (κ3) is 2.76. The molecule has 0 aliphatic heterocycles. The van der Waals surface area contributed by atoms with Gasteiger partial charge in [0.25, 0.3) is 5.91 Å². The molecule has 2 aromatic heterocycles. The number of rotatable bonds is 3. The summed E-state index contributed by atoms with van der Waals surface area (Å²) in [5.41, 5.74) is -0.836. The van der Waals surface area contributed by atoms with Crippen LogP contribution in [0.25, 0.3) is 5.65 Å². The van der Waals surface area contributed by atoms with Crippen LogP contribution in [0.2, 0.25) is 0 Å². The van der Waals surface area contributed by atoms with Gasteiger partial charge >= 0.3 is 6.18 Å². The summed E-state index contributed by atoms with van der Waals surface area (Å²) in [4.78, 5) is 17.0. The van der Waals surface area contributed by atoms with Gasteiger partial charge in [-0.2, -0.15) is 13.2 Å². The van der Waals surface area contributed by atoms with Crippen LogP contribution in [0, 0.1) is 6.92 Å². The first-order valence-electron chi connectivity index (χ1n) is 6.18. The molecule has 0 atom stereocenters. The Balaban J connectivity index is 2.70. The van der Waals surface area contributed by atoms with Gasteiger partial charge in [-0.25, -0.2) is 4.98 Å². The molecular weight excluding hydrogens is 283 g/mol. The fraction of sp³-hybridized carbons (Fsp3) is 0.286. The third-order valence-electron chi connectivity index (χ3n) is 2.99. The van der Waals surface area contributed by atoms with Gasteiger partial charge in [-0.3, -0.25) is 9.20 Å². The monoisotopic (exact) mass is 297 g/mol. The van der Waals surface area contributed by atoms with Crippen LogP contribution in [0.4, 0.5) is 13.2 Å². The van der Waals surface area contributed by atoms with Gasteiger partial charge in [0.15, 0.2) is 5.69 Å². The van der Waals surface area contributed by atoms with E-state index in [1.54, 1.807) is 13.0 Å². The molecule has 1 amide bonds. The Labute approximate surface area is 119 Å². The molecule has 0 saturated carbocycles. The van der Waals surface area contributed by atoms with Crippen molar-refractivity contribution in [2.45, 2.75) is 13.1 Å². The van der Waals surface area contributed by atoms with Crippen molar-refractivity contribution in [3.63, 3.8) is 0 Å². The average Bonchev–Trinajstić information content (AvgIpc) is 2.76. The molecule has 0 saturated heterocycles. The fourth-order valence-corrected chi connectivity index (χ4v) is 2.01. The van der Waals surface area contributed by atoms with Crippen molar-refractivity contribution in [3.8, 4) is 0 Å². The topological polar surface area (TPSA) is 37.6 Å². The molecule has 0 aromatic carbocycles. The number of aromatic nitrogens is 2. The van der Waals surface area contributed by atoms with Crippen molar-refractivity contribution in [1.82, 2.24) is 14.3 Å². The summed E-state index contributed by atoms with van der Waals surface area (Å²) in [6, 6.07) is 3.10. The number of imidazole rings is 1. The molecule has 0 unspecified atom stereocenters. The lowest BCUT2D eigenvalue weighted by Crippen LogP contribution is -2.30. The van der Waals surface area contributed by atoms with E-state index in [2.05, 4.69) is 11.6 Å². The molecule has 2 aromatic rings. The number of pyridine rings is 1. The quantitative estimate of drug-likeness (QED) is 0.817. The minimum absolute atomic E-state index is 0.0864. The van der Waals surface area contributed by atoms with Crippen molar-refractivity contribution in [1.29, 1.82) is 0 Å². The van der Waals surface area contributed by atoms with Crippen molar-refractivity contribution in [2.24, 2.45) is 0 Å². The normalized spacial score (nSPS) is 11.7. The second kappa shape index (κ2) is 5.23. The number of likely N-dealkylation sites (N-methyl/N-ethyl adjacent to an activating group) is 1. The van der Waals surface area contributed by atoms with Crippen LogP contribution >= 0.6 is 0 Å². The van der Waals surface area contributed by atoms with E-state index in [0.29, 0.717) is 0 Å². The largest absolute Gasteiger partial charge is 0.435 e. The van der Waals surface area contributed by atoms with E-state index in [4.69, 9.17) is 0 Å². The van der Waals surface area contributed by atoms with Crippen LogP contribution in [0.3, 0.4) is 0 Å². The number of carbonyl (C=O) groups excluding carboxylic acids is 1. The number of halogens is 3. The van der Waals surface area contributed by atoms with Crippen LogP contribution in [0.5, 0.6) is 0 Å². The van der Waals surface area contributed by atoms with Crippen molar-refractivity contribution in [3.05, 3.63) is 47.9 Å². The molecule has 112 valence electrons. The van der Waals surface area contributed by atoms with Gasteiger partial charge in [-0.15, -0.1) is 6.58 Å². The van der Waals surface area contributed by atoms with E-state index in [-0.39, 0.29) is 12.2 Å². The molecule has 7 heteroatoms. The smallest absolute Gasteiger partial charge is 0.337 e. The molecule has 0 aliphatic rings. The summed E-state index contributed by atoms with van der Waals surface area (Å²) in [5.74, 6) is -0.750. The number of nitrogens with zero attached hydrogens (tertiary/aromatic N) is 3. The Hall–Kier alpha value is -2.31. The SMILES string of the molecule is C=CCN(C)C(=O)c1c(C(F)(F)F)nc2ccc(C)cn12. The molecule has 0 N–H and O–H groups in total. The summed E-state index contributed by atoms with van der Waals surface area (Å²) in [6.07, 6.45) is -1.79. The van der Waals surface area contributed by atoms with Crippen LogP contribution in [0.1, 0.15) is 21.7 Å². The number of fused-ring (bicyclic) bond motifs is 1. The molecule has 0 bridgehead atoms. The predicted molar refractivity (Wildman–Crippen MR) is 72.1 cm³/mol. The van der Waals surface area contributed by atoms with Gasteiger partial charge in [0.2, 0.25) is 0 Å². The van der Waals surface area contributed by atoms with Crippen LogP contribution in [-0.4, -0.2) is 33.8 Å². The molecule has 0 spiro atoms. The number of hydrogen-bond donors (Lipinski definition) is 0. The molecular formula is C14H14F3N3O. The number of carbonyl (C=O) groups is 1. The van der Waals surface area contributed by atoms with E-state index >= 15 is 0 Å². The minimum Gasteiger partial charge on any atom is -0.337 e. The van der Waals surface area contributed by atoms with Gasteiger partial charge in [0.1, 0.15) is 11.3 Å². The number of amides is 1. The van der Waals surface area contributed by atoms with E-state index in [1.807, 2.05) is 0 Å². The molecule has 0 radical (unpaired) electrons. The van der Waals surface area contributed by atoms with E-state index < -0.39 is 23.5 Å². The molecule has 21 heavy (non-hydrogen) atoms. The molecule has 0 fully saturated rings. The standard InChI is InChI=1S/C14H14F3N3O/c1-4-7-19(3)13(21)11-12(14(15,16)17)18-10-6-5-9(2)8-20(10)11/h4-6,8H,1,7H2,2-3H3. The Morgan fingerprint density at radius 2 is 2.14 bits per heavy atom. The Kier molecular flexibility index (Phi) is 3.76. The van der Waals surface area contributed by atoms with Crippen LogP contribution < -0.4 is 0 Å². The van der Waals surface area contributed by atoms with E-state index in [9.17, 15) is 18.0 Å². The van der Waals surface area contributed by atoms with Gasteiger partial charge in [0.05, 0.1) is 0 Å². The Morgan fingerprint density at radius 1 is 1.48 bits per heavy atom. The fourth-order valence-electron chi connectivity index (χ4n) is 2.01. The number of alkyl halides is 3. The zero-order valence-corrected chi connectivity index (χ0v) is 11.6. The average molecular weight is 297 g/mol. The zero-order valence-electron chi connectivity index (χ0n) is 11.6. The molecule has 2 heterocycles. The number of hydrogen-bond acceptors (Lipinski definition) is 2. The zero-order chi connectivity index (χ0) is 15.8. The van der Waals surface area contributed by atoms with Gasteiger partial charge in [-0.05, 0) is 18.6 Å². The first-order chi connectivity index (χ1) is 9.75. The van der Waals surface area contributed by atoms with Crippen molar-refractivity contribution in [2.75, 3.05) is 13.6 Å². The Bertz CT molecular complexity index is 703. The molecule has 4 nitrogen and oxygen atoms in total. The highest BCUT2D eigenvalue weighted by Crippen LogP contribution is 2.32. The van der Waals surface area contributed by atoms with Crippen LogP contribution in [0.15, 0.2) is 31.0 Å². The first kappa shape index (κ1) is 15.1. The lowest BCUT2D eigenvalue weighted by Gasteiger charge is -2.16. The second-order valence-electron chi connectivity index (χ2n) is 4.72. The lowest BCUT2D eigenvalue weighted by atomic mass is 10.2. The summed E-state index contributed by atoms with van der Waals surface area (Å²) in [5, 5.41) is 0. The highest BCUT2D eigenvalue weighted by atomic mass is 19.4. The molecule has 2 rings (SSSR count). The van der Waals surface area contributed by atoms with Crippen molar-refractivity contribution >= 4 is 11.6 Å².